The second kappa shape index (κ2) is 10.2. The van der Waals surface area contributed by atoms with Gasteiger partial charge in [0.2, 0.25) is 0 Å². The highest BCUT2D eigenvalue weighted by Gasteiger charge is 2.20. The molecule has 7 rings (SSSR count). The molecule has 0 atom stereocenters. The zero-order valence-electron chi connectivity index (χ0n) is 22.4. The monoisotopic (exact) mass is 523 g/mol. The number of hydrogen-bond acceptors (Lipinski definition) is 2. The van der Waals surface area contributed by atoms with E-state index >= 15 is 0 Å². The van der Waals surface area contributed by atoms with Crippen LogP contribution in [0.15, 0.2) is 121 Å². The van der Waals surface area contributed by atoms with Crippen molar-refractivity contribution in [3.05, 3.63) is 144 Å². The minimum Gasteiger partial charge on any atom is -0.310 e. The summed E-state index contributed by atoms with van der Waals surface area (Å²) in [5, 5.41) is 21.7. The van der Waals surface area contributed by atoms with Crippen molar-refractivity contribution >= 4 is 17.0 Å². The number of aromatic nitrogens is 1. The van der Waals surface area contributed by atoms with Crippen LogP contribution in [0.25, 0.3) is 56.0 Å². The van der Waals surface area contributed by atoms with Crippen molar-refractivity contribution < 1.29 is 0 Å². The quantitative estimate of drug-likeness (QED) is 0.231. The summed E-state index contributed by atoms with van der Waals surface area (Å²) in [5.74, 6) is 0. The lowest BCUT2D eigenvalue weighted by Crippen LogP contribution is -2.01. The maximum Gasteiger partial charge on any atom is 0.100 e. The van der Waals surface area contributed by atoms with E-state index in [4.69, 9.17) is 0 Å². The fraction of sp³-hybridized carbons (Fsp3) is 0.0526. The van der Waals surface area contributed by atoms with Gasteiger partial charge in [-0.05, 0) is 77.1 Å². The van der Waals surface area contributed by atoms with Gasteiger partial charge in [-0.15, -0.1) is 0 Å². The van der Waals surface area contributed by atoms with Gasteiger partial charge in [0.25, 0.3) is 0 Å². The average Bonchev–Trinajstić information content (AvgIpc) is 3.39. The van der Waals surface area contributed by atoms with Gasteiger partial charge in [-0.3, -0.25) is 0 Å². The van der Waals surface area contributed by atoms with E-state index in [1.54, 1.807) is 0 Å². The first-order chi connectivity index (χ1) is 20.2. The topological polar surface area (TPSA) is 52.5 Å². The maximum atomic E-state index is 10.5. The van der Waals surface area contributed by atoms with Crippen LogP contribution in [0.3, 0.4) is 0 Å². The smallest absolute Gasteiger partial charge is 0.100 e. The summed E-state index contributed by atoms with van der Waals surface area (Å²) in [6, 6.07) is 43.8. The molecule has 0 radical (unpaired) electrons. The van der Waals surface area contributed by atoms with E-state index < -0.39 is 0 Å². The lowest BCUT2D eigenvalue weighted by Gasteiger charge is -2.16. The van der Waals surface area contributed by atoms with Gasteiger partial charge in [0, 0.05) is 27.9 Å². The van der Waals surface area contributed by atoms with Gasteiger partial charge < -0.3 is 4.57 Å². The molecule has 3 heteroatoms. The van der Waals surface area contributed by atoms with E-state index in [1.165, 1.54) is 10.9 Å². The van der Waals surface area contributed by atoms with Crippen LogP contribution < -0.4 is 0 Å². The molecule has 1 heterocycles. The third-order valence-corrected chi connectivity index (χ3v) is 7.93. The average molecular weight is 524 g/mol. The van der Waals surface area contributed by atoms with E-state index in [-0.39, 0.29) is 0 Å². The highest BCUT2D eigenvalue weighted by molar-refractivity contribution is 5.91. The molecule has 3 nitrogen and oxygen atoms in total. The van der Waals surface area contributed by atoms with Crippen LogP contribution in [0.1, 0.15) is 28.8 Å². The number of rotatable bonds is 4. The summed E-state index contributed by atoms with van der Waals surface area (Å²) in [5.41, 5.74) is 11.4. The Labute approximate surface area is 239 Å². The number of benzene rings is 5. The van der Waals surface area contributed by atoms with E-state index in [1.807, 2.05) is 60.7 Å². The van der Waals surface area contributed by atoms with E-state index in [2.05, 4.69) is 83.5 Å². The van der Waals surface area contributed by atoms with E-state index in [0.29, 0.717) is 11.1 Å². The standard InChI is InChI=1S/C38H25N3/c39-24-26-20-30(23-31(21-26)41-37-18-6-4-14-34(37)35-15-5-7-19-38(35)41)33-17-9-16-32(36(33)25-40)29-13-8-12-28(22-29)27-10-2-1-3-11-27/h1-4,6-14,16-23H,5,15H2. The van der Waals surface area contributed by atoms with Crippen molar-refractivity contribution in [2.45, 2.75) is 12.8 Å². The second-order valence-electron chi connectivity index (χ2n) is 10.3. The molecule has 1 aliphatic carbocycles. The van der Waals surface area contributed by atoms with Crippen molar-refractivity contribution in [3.8, 4) is 51.2 Å². The highest BCUT2D eigenvalue weighted by atomic mass is 15.0. The van der Waals surface area contributed by atoms with E-state index in [9.17, 15) is 10.5 Å². The summed E-state index contributed by atoms with van der Waals surface area (Å²) in [6.07, 6.45) is 6.42. The fourth-order valence-corrected chi connectivity index (χ4v) is 6.08. The summed E-state index contributed by atoms with van der Waals surface area (Å²) < 4.78 is 2.25. The number of fused-ring (bicyclic) bond motifs is 3. The molecule has 0 saturated carbocycles. The molecule has 0 unspecified atom stereocenters. The van der Waals surface area contributed by atoms with Crippen molar-refractivity contribution in [2.75, 3.05) is 0 Å². The predicted octanol–water partition coefficient (Wildman–Crippen LogP) is 9.33. The van der Waals surface area contributed by atoms with Crippen molar-refractivity contribution in [3.63, 3.8) is 0 Å². The van der Waals surface area contributed by atoms with E-state index in [0.717, 1.165) is 63.1 Å². The zero-order valence-corrected chi connectivity index (χ0v) is 22.4. The first kappa shape index (κ1) is 24.4. The SMILES string of the molecule is N#Cc1cc(-c2cccc(-c3cccc(-c4ccccc4)c3)c2C#N)cc(-n2c3c(c4ccccc42)CCC=C3)c1. The summed E-state index contributed by atoms with van der Waals surface area (Å²) >= 11 is 0. The summed E-state index contributed by atoms with van der Waals surface area (Å²) in [7, 11) is 0. The molecule has 0 amide bonds. The molecule has 0 bridgehead atoms. The Kier molecular flexibility index (Phi) is 6.05. The number of nitrogens with zero attached hydrogens (tertiary/aromatic N) is 3. The number of nitriles is 2. The number of hydrogen-bond donors (Lipinski definition) is 0. The Bertz CT molecular complexity index is 2060. The Morgan fingerprint density at radius 1 is 0.610 bits per heavy atom. The highest BCUT2D eigenvalue weighted by Crippen LogP contribution is 2.38. The molecule has 5 aromatic carbocycles. The molecule has 1 aromatic heterocycles. The molecule has 1 aliphatic rings. The molecular weight excluding hydrogens is 498 g/mol. The number of aryl methyl sites for hydroxylation is 1. The van der Waals surface area contributed by atoms with Gasteiger partial charge in [-0.1, -0.05) is 91.0 Å². The first-order valence-electron chi connectivity index (χ1n) is 13.8. The first-order valence-corrected chi connectivity index (χ1v) is 13.8. The Hall–Kier alpha value is -5.64. The Morgan fingerprint density at radius 2 is 1.34 bits per heavy atom. The molecule has 0 fully saturated rings. The zero-order chi connectivity index (χ0) is 27.8. The molecule has 0 aliphatic heterocycles. The van der Waals surface area contributed by atoms with Crippen LogP contribution in [0.5, 0.6) is 0 Å². The molecular formula is C38H25N3. The van der Waals surface area contributed by atoms with Crippen molar-refractivity contribution in [2.24, 2.45) is 0 Å². The molecule has 0 N–H and O–H groups in total. The molecule has 0 spiro atoms. The normalized spacial score (nSPS) is 12.0. The number of allylic oxidation sites excluding steroid dienone is 1. The van der Waals surface area contributed by atoms with Gasteiger partial charge >= 0.3 is 0 Å². The number of para-hydroxylation sites is 1. The van der Waals surface area contributed by atoms with Crippen LogP contribution in [0.2, 0.25) is 0 Å². The molecule has 6 aromatic rings. The van der Waals surface area contributed by atoms with Gasteiger partial charge in [0.15, 0.2) is 0 Å². The Morgan fingerprint density at radius 3 is 2.17 bits per heavy atom. The molecule has 41 heavy (non-hydrogen) atoms. The molecule has 192 valence electrons. The molecule has 0 saturated heterocycles. The van der Waals surface area contributed by atoms with Gasteiger partial charge in [0.1, 0.15) is 6.07 Å². The van der Waals surface area contributed by atoms with Crippen molar-refractivity contribution in [1.29, 1.82) is 10.5 Å². The summed E-state index contributed by atoms with van der Waals surface area (Å²) in [4.78, 5) is 0. The van der Waals surface area contributed by atoms with Crippen LogP contribution in [0, 0.1) is 22.7 Å². The van der Waals surface area contributed by atoms with Crippen molar-refractivity contribution in [1.82, 2.24) is 4.57 Å². The Balaban J connectivity index is 1.41. The fourth-order valence-electron chi connectivity index (χ4n) is 6.08. The van der Waals surface area contributed by atoms with Gasteiger partial charge in [-0.2, -0.15) is 10.5 Å². The van der Waals surface area contributed by atoms with Crippen LogP contribution in [-0.4, -0.2) is 4.57 Å². The van der Waals surface area contributed by atoms with Crippen LogP contribution in [0.4, 0.5) is 0 Å². The maximum absolute atomic E-state index is 10.5. The lowest BCUT2D eigenvalue weighted by molar-refractivity contribution is 0.967. The van der Waals surface area contributed by atoms with Gasteiger partial charge in [-0.25, -0.2) is 0 Å². The predicted molar refractivity (Wildman–Crippen MR) is 166 cm³/mol. The van der Waals surface area contributed by atoms with Crippen LogP contribution >= 0.6 is 0 Å². The van der Waals surface area contributed by atoms with Gasteiger partial charge in [0.05, 0.1) is 22.7 Å². The largest absolute Gasteiger partial charge is 0.310 e. The second-order valence-corrected chi connectivity index (χ2v) is 10.3. The third-order valence-electron chi connectivity index (χ3n) is 7.93. The minimum absolute atomic E-state index is 0.559. The van der Waals surface area contributed by atoms with Crippen LogP contribution in [-0.2, 0) is 6.42 Å². The summed E-state index contributed by atoms with van der Waals surface area (Å²) in [6.45, 7) is 0. The minimum atomic E-state index is 0.559. The third kappa shape index (κ3) is 4.22. The lowest BCUT2D eigenvalue weighted by atomic mass is 9.90.